The highest BCUT2D eigenvalue weighted by Crippen LogP contribution is 2.44. The van der Waals surface area contributed by atoms with Crippen molar-refractivity contribution in [3.05, 3.63) is 47.9 Å². The number of anilines is 1. The van der Waals surface area contributed by atoms with E-state index in [0.29, 0.717) is 31.6 Å². The van der Waals surface area contributed by atoms with Crippen molar-refractivity contribution in [1.29, 1.82) is 0 Å². The first-order valence-corrected chi connectivity index (χ1v) is 11.3. The smallest absolute Gasteiger partial charge is 0.304 e. The van der Waals surface area contributed by atoms with Gasteiger partial charge in [-0.2, -0.15) is 12.7 Å². The third-order valence-corrected chi connectivity index (χ3v) is 8.15. The number of piperidine rings is 1. The predicted octanol–water partition coefficient (Wildman–Crippen LogP) is 2.80. The summed E-state index contributed by atoms with van der Waals surface area (Å²) >= 11 is 0. The van der Waals surface area contributed by atoms with Gasteiger partial charge in [0, 0.05) is 39.1 Å². The minimum atomic E-state index is -3.69. The van der Waals surface area contributed by atoms with Crippen LogP contribution in [-0.4, -0.2) is 54.3 Å². The minimum absolute atomic E-state index is 0.142. The van der Waals surface area contributed by atoms with Gasteiger partial charge in [0.1, 0.15) is 11.6 Å². The molecule has 1 aromatic heterocycles. The monoisotopic (exact) mass is 422 g/mol. The molecule has 0 radical (unpaired) electrons. The Bertz CT molecular complexity index is 995. The maximum Gasteiger partial charge on any atom is 0.304 e. The second-order valence-electron chi connectivity index (χ2n) is 8.08. The van der Waals surface area contributed by atoms with Crippen LogP contribution < -0.4 is 4.31 Å². The van der Waals surface area contributed by atoms with E-state index in [9.17, 15) is 12.8 Å². The Labute approximate surface area is 171 Å². The fourth-order valence-electron chi connectivity index (χ4n) is 4.77. The lowest BCUT2D eigenvalue weighted by Gasteiger charge is -2.46. The lowest BCUT2D eigenvalue weighted by atomic mass is 9.83. The fraction of sp³-hybridized carbons (Fsp3) is 0.550. The van der Waals surface area contributed by atoms with Gasteiger partial charge in [-0.15, -0.1) is 0 Å². The highest BCUT2D eigenvalue weighted by atomic mass is 32.2. The molecule has 0 bridgehead atoms. The number of aromatic nitrogens is 1. The predicted molar refractivity (Wildman–Crippen MR) is 108 cm³/mol. The van der Waals surface area contributed by atoms with Crippen LogP contribution in [0.25, 0.3) is 0 Å². The van der Waals surface area contributed by atoms with Gasteiger partial charge in [-0.05, 0) is 38.0 Å². The lowest BCUT2D eigenvalue weighted by Crippen LogP contribution is -2.57. The van der Waals surface area contributed by atoms with Gasteiger partial charge >= 0.3 is 10.2 Å². The molecule has 2 fully saturated rings. The molecule has 2 aliphatic heterocycles. The Morgan fingerprint density at radius 1 is 1.38 bits per heavy atom. The van der Waals surface area contributed by atoms with Crippen molar-refractivity contribution in [2.75, 3.05) is 24.4 Å². The summed E-state index contributed by atoms with van der Waals surface area (Å²) in [4.78, 5) is 6.66. The summed E-state index contributed by atoms with van der Waals surface area (Å²) < 4.78 is 48.4. The molecule has 0 amide bonds. The number of oxazole rings is 1. The molecule has 0 saturated carbocycles. The minimum Gasteiger partial charge on any atom is -0.448 e. The van der Waals surface area contributed by atoms with E-state index in [-0.39, 0.29) is 6.04 Å². The molecule has 1 spiro atoms. The van der Waals surface area contributed by atoms with Crippen LogP contribution in [0.15, 0.2) is 35.1 Å². The first kappa shape index (κ1) is 20.3. The van der Waals surface area contributed by atoms with Gasteiger partial charge in [-0.3, -0.25) is 9.21 Å². The quantitative estimate of drug-likeness (QED) is 0.758. The Hall–Kier alpha value is -1.97. The molecule has 2 aliphatic rings. The van der Waals surface area contributed by atoms with Crippen molar-refractivity contribution < 1.29 is 17.2 Å². The number of hydrogen-bond donors (Lipinski definition) is 0. The number of aryl methyl sites for hydroxylation is 1. The van der Waals surface area contributed by atoms with E-state index >= 15 is 0 Å². The maximum absolute atomic E-state index is 13.9. The molecule has 2 aromatic rings. The summed E-state index contributed by atoms with van der Waals surface area (Å²) in [5.74, 6) is 0.452. The molecule has 7 nitrogen and oxygen atoms in total. The second-order valence-corrected chi connectivity index (χ2v) is 9.97. The number of nitrogens with zero attached hydrogens (tertiary/aromatic N) is 4. The molecular formula is C20H27FN4O3S. The summed E-state index contributed by atoms with van der Waals surface area (Å²) in [6.07, 6.45) is 3.59. The van der Waals surface area contributed by atoms with E-state index in [4.69, 9.17) is 4.42 Å². The number of likely N-dealkylation sites (N-methyl/N-ethyl adjacent to an activating group) is 1. The van der Waals surface area contributed by atoms with Crippen molar-refractivity contribution >= 4 is 15.9 Å². The van der Waals surface area contributed by atoms with E-state index in [0.717, 1.165) is 24.4 Å². The van der Waals surface area contributed by atoms with Gasteiger partial charge in [-0.25, -0.2) is 9.37 Å². The maximum atomic E-state index is 13.9. The lowest BCUT2D eigenvalue weighted by molar-refractivity contribution is 0.0989. The molecule has 158 valence electrons. The SMILES string of the molecule is CCc1ocnc1CN1CC[C@@]2(C[C@@H]1C)CN(C)S(=O)(=O)N2c1cccc(F)c1. The standard InChI is InChI=1S/C20H27FN4O3S/c1-4-19-18(22-14-28-19)12-24-9-8-20(11-15(24)2)13-23(3)29(26,27)25(20)17-7-5-6-16(21)10-17/h5-7,10,14-15H,4,8-9,11-13H2,1-3H3/t15-,20+/m0/s1. The van der Waals surface area contributed by atoms with E-state index < -0.39 is 21.6 Å². The van der Waals surface area contributed by atoms with E-state index in [2.05, 4.69) is 16.8 Å². The summed E-state index contributed by atoms with van der Waals surface area (Å²) in [5.41, 5.74) is 0.738. The molecule has 29 heavy (non-hydrogen) atoms. The molecule has 2 atom stereocenters. The summed E-state index contributed by atoms with van der Waals surface area (Å²) in [5, 5.41) is 0. The molecule has 4 rings (SSSR count). The Morgan fingerprint density at radius 2 is 2.17 bits per heavy atom. The first-order valence-electron chi connectivity index (χ1n) is 9.94. The Morgan fingerprint density at radius 3 is 2.86 bits per heavy atom. The van der Waals surface area contributed by atoms with Crippen LogP contribution in [0.4, 0.5) is 10.1 Å². The van der Waals surface area contributed by atoms with Crippen LogP contribution in [0.5, 0.6) is 0 Å². The summed E-state index contributed by atoms with van der Waals surface area (Å²) in [6, 6.07) is 6.00. The van der Waals surface area contributed by atoms with E-state index in [1.165, 1.54) is 27.1 Å². The Kier molecular flexibility index (Phi) is 5.16. The van der Waals surface area contributed by atoms with Gasteiger partial charge in [0.15, 0.2) is 6.39 Å². The highest BCUT2D eigenvalue weighted by molar-refractivity contribution is 7.90. The molecule has 3 heterocycles. The number of halogens is 1. The van der Waals surface area contributed by atoms with Crippen molar-refractivity contribution in [2.45, 2.75) is 51.2 Å². The number of benzene rings is 1. The van der Waals surface area contributed by atoms with Crippen LogP contribution in [0.3, 0.4) is 0 Å². The van der Waals surface area contributed by atoms with Crippen molar-refractivity contribution in [3.63, 3.8) is 0 Å². The van der Waals surface area contributed by atoms with Gasteiger partial charge in [0.2, 0.25) is 0 Å². The van der Waals surface area contributed by atoms with Crippen LogP contribution in [0.1, 0.15) is 38.1 Å². The van der Waals surface area contributed by atoms with Gasteiger partial charge in [-0.1, -0.05) is 13.0 Å². The van der Waals surface area contributed by atoms with Gasteiger partial charge < -0.3 is 4.42 Å². The summed E-state index contributed by atoms with van der Waals surface area (Å²) in [7, 11) is -2.10. The fourth-order valence-corrected chi connectivity index (χ4v) is 6.55. The number of likely N-dealkylation sites (tertiary alicyclic amines) is 1. The number of rotatable bonds is 4. The third kappa shape index (κ3) is 3.45. The topological polar surface area (TPSA) is 69.9 Å². The zero-order valence-electron chi connectivity index (χ0n) is 17.0. The largest absolute Gasteiger partial charge is 0.448 e. The molecule has 0 N–H and O–H groups in total. The molecule has 0 unspecified atom stereocenters. The average molecular weight is 423 g/mol. The van der Waals surface area contributed by atoms with E-state index in [1.807, 2.05) is 6.92 Å². The van der Waals surface area contributed by atoms with Crippen LogP contribution in [-0.2, 0) is 23.2 Å². The normalized spacial score (nSPS) is 27.7. The van der Waals surface area contributed by atoms with Gasteiger partial charge in [0.25, 0.3) is 0 Å². The summed E-state index contributed by atoms with van der Waals surface area (Å²) in [6.45, 7) is 5.95. The average Bonchev–Trinajstić information content (AvgIpc) is 3.18. The zero-order chi connectivity index (χ0) is 20.8. The van der Waals surface area contributed by atoms with Crippen LogP contribution in [0, 0.1) is 5.82 Å². The highest BCUT2D eigenvalue weighted by Gasteiger charge is 2.55. The van der Waals surface area contributed by atoms with Crippen LogP contribution >= 0.6 is 0 Å². The molecule has 1 aromatic carbocycles. The molecule has 9 heteroatoms. The van der Waals surface area contributed by atoms with Crippen molar-refractivity contribution in [2.24, 2.45) is 0 Å². The molecular weight excluding hydrogens is 395 g/mol. The zero-order valence-corrected chi connectivity index (χ0v) is 17.8. The third-order valence-electron chi connectivity index (χ3n) is 6.18. The van der Waals surface area contributed by atoms with E-state index in [1.54, 1.807) is 19.2 Å². The first-order chi connectivity index (χ1) is 13.8. The molecule has 0 aliphatic carbocycles. The van der Waals surface area contributed by atoms with Crippen molar-refractivity contribution in [3.8, 4) is 0 Å². The van der Waals surface area contributed by atoms with Crippen molar-refractivity contribution in [1.82, 2.24) is 14.2 Å². The number of hydrogen-bond acceptors (Lipinski definition) is 5. The second kappa shape index (κ2) is 7.37. The molecule has 2 saturated heterocycles. The Balaban J connectivity index is 1.62. The van der Waals surface area contributed by atoms with Gasteiger partial charge in [0.05, 0.1) is 16.9 Å². The van der Waals surface area contributed by atoms with Crippen LogP contribution in [0.2, 0.25) is 0 Å².